The zero-order chi connectivity index (χ0) is 18.6. The van der Waals surface area contributed by atoms with Gasteiger partial charge in [0, 0.05) is 43.4 Å². The molecule has 1 aromatic carbocycles. The van der Waals surface area contributed by atoms with Crippen molar-refractivity contribution in [2.24, 2.45) is 0 Å². The first kappa shape index (κ1) is 18.2. The normalized spacial score (nSPS) is 25.7. The van der Waals surface area contributed by atoms with Crippen LogP contribution >= 0.6 is 0 Å². The minimum absolute atomic E-state index is 0.259. The molecule has 3 heterocycles. The lowest BCUT2D eigenvalue weighted by molar-refractivity contribution is -0.135. The monoisotopic (exact) mass is 366 g/mol. The van der Waals surface area contributed by atoms with Crippen molar-refractivity contribution in [3.05, 3.63) is 53.9 Å². The fourth-order valence-electron chi connectivity index (χ4n) is 4.83. The molecule has 0 unspecified atom stereocenters. The van der Waals surface area contributed by atoms with Crippen LogP contribution in [0, 0.1) is 6.92 Å². The summed E-state index contributed by atoms with van der Waals surface area (Å²) < 4.78 is 1.93. The van der Waals surface area contributed by atoms with Crippen LogP contribution in [0.15, 0.2) is 42.6 Å². The number of hydrogen-bond acceptors (Lipinski definition) is 3. The number of carbonyl (C=O) groups is 1. The van der Waals surface area contributed by atoms with E-state index in [1.165, 1.54) is 12.0 Å². The van der Waals surface area contributed by atoms with E-state index in [1.807, 2.05) is 17.7 Å². The maximum Gasteiger partial charge on any atom is 0.224 e. The van der Waals surface area contributed by atoms with Crippen LogP contribution < -0.4 is 5.32 Å². The minimum atomic E-state index is 0.259. The Labute approximate surface area is 161 Å². The Bertz CT molecular complexity index is 757. The van der Waals surface area contributed by atoms with Gasteiger partial charge < -0.3 is 10.2 Å². The van der Waals surface area contributed by atoms with Crippen molar-refractivity contribution in [2.75, 3.05) is 13.1 Å². The molecule has 2 aliphatic heterocycles. The zero-order valence-corrected chi connectivity index (χ0v) is 16.2. The summed E-state index contributed by atoms with van der Waals surface area (Å²) in [6.45, 7) is 4.61. The van der Waals surface area contributed by atoms with Crippen molar-refractivity contribution < 1.29 is 4.79 Å². The number of aromatic nitrogens is 2. The fraction of sp³-hybridized carbons (Fsp3) is 0.545. The Balaban J connectivity index is 1.55. The first-order chi connectivity index (χ1) is 13.2. The third-order valence-corrected chi connectivity index (χ3v) is 6.22. The second kappa shape index (κ2) is 8.26. The average Bonchev–Trinajstić information content (AvgIpc) is 2.98. The molecule has 2 saturated heterocycles. The molecule has 4 rings (SSSR count). The zero-order valence-electron chi connectivity index (χ0n) is 16.2. The predicted octanol–water partition coefficient (Wildman–Crippen LogP) is 3.11. The lowest BCUT2D eigenvalue weighted by Gasteiger charge is -2.44. The molecule has 2 aromatic rings. The molecule has 3 atom stereocenters. The molecular formula is C22H30N4O. The third-order valence-electron chi connectivity index (χ3n) is 6.22. The van der Waals surface area contributed by atoms with Crippen molar-refractivity contribution in [2.45, 2.75) is 63.6 Å². The number of likely N-dealkylation sites (tertiary alicyclic amines) is 1. The number of aryl methyl sites for hydroxylation is 2. The van der Waals surface area contributed by atoms with Crippen LogP contribution in [0.5, 0.6) is 0 Å². The van der Waals surface area contributed by atoms with Gasteiger partial charge in [0.2, 0.25) is 5.91 Å². The minimum Gasteiger partial charge on any atom is -0.337 e. The number of piperidine rings is 1. The van der Waals surface area contributed by atoms with Gasteiger partial charge in [0.05, 0.1) is 6.04 Å². The first-order valence-corrected chi connectivity index (χ1v) is 10.3. The predicted molar refractivity (Wildman–Crippen MR) is 107 cm³/mol. The van der Waals surface area contributed by atoms with Crippen molar-refractivity contribution in [3.63, 3.8) is 0 Å². The second-order valence-electron chi connectivity index (χ2n) is 7.89. The first-order valence-electron chi connectivity index (χ1n) is 10.3. The van der Waals surface area contributed by atoms with E-state index in [1.54, 1.807) is 6.20 Å². The van der Waals surface area contributed by atoms with Crippen LogP contribution in [0.2, 0.25) is 0 Å². The van der Waals surface area contributed by atoms with Crippen LogP contribution in [0.1, 0.15) is 49.3 Å². The molecule has 1 aromatic heterocycles. The summed E-state index contributed by atoms with van der Waals surface area (Å²) in [6, 6.07) is 13.4. The van der Waals surface area contributed by atoms with Gasteiger partial charge >= 0.3 is 0 Å². The topological polar surface area (TPSA) is 50.2 Å². The smallest absolute Gasteiger partial charge is 0.224 e. The van der Waals surface area contributed by atoms with Gasteiger partial charge in [-0.1, -0.05) is 36.8 Å². The van der Waals surface area contributed by atoms with E-state index in [2.05, 4.69) is 45.6 Å². The molecule has 1 N–H and O–H groups in total. The van der Waals surface area contributed by atoms with E-state index in [4.69, 9.17) is 0 Å². The van der Waals surface area contributed by atoms with Gasteiger partial charge in [0.25, 0.3) is 0 Å². The lowest BCUT2D eigenvalue weighted by atomic mass is 9.80. The summed E-state index contributed by atoms with van der Waals surface area (Å²) in [5, 5.41) is 8.04. The summed E-state index contributed by atoms with van der Waals surface area (Å²) in [5.74, 6) is 0.692. The molecule has 0 bridgehead atoms. The lowest BCUT2D eigenvalue weighted by Crippen LogP contribution is -2.57. The highest BCUT2D eigenvalue weighted by Gasteiger charge is 2.40. The van der Waals surface area contributed by atoms with Crippen molar-refractivity contribution >= 4 is 5.91 Å². The van der Waals surface area contributed by atoms with Gasteiger partial charge in [-0.15, -0.1) is 0 Å². The van der Waals surface area contributed by atoms with E-state index in [0.717, 1.165) is 38.0 Å². The standard InChI is InChI=1S/C22H30N4O/c1-17-10-14-24-26(17)16-12-21(27)25-15-6-5-9-20-22(25)19(11-13-23-20)18-7-3-2-4-8-18/h2-4,7-8,10,14,19-20,22-23H,5-6,9,11-13,15-16H2,1H3/t19-,20-,22-/m1/s1. The Morgan fingerprint density at radius 3 is 2.81 bits per heavy atom. The highest BCUT2D eigenvalue weighted by atomic mass is 16.2. The third kappa shape index (κ3) is 3.93. The number of fused-ring (bicyclic) bond motifs is 1. The molecule has 5 heteroatoms. The van der Waals surface area contributed by atoms with E-state index >= 15 is 0 Å². The number of benzene rings is 1. The van der Waals surface area contributed by atoms with E-state index < -0.39 is 0 Å². The van der Waals surface area contributed by atoms with Gasteiger partial charge in [0.15, 0.2) is 0 Å². The van der Waals surface area contributed by atoms with Crippen molar-refractivity contribution in [3.8, 4) is 0 Å². The molecule has 2 fully saturated rings. The summed E-state index contributed by atoms with van der Waals surface area (Å²) in [5.41, 5.74) is 2.48. The van der Waals surface area contributed by atoms with Crippen molar-refractivity contribution in [1.82, 2.24) is 20.0 Å². The number of carbonyl (C=O) groups excluding carboxylic acids is 1. The molecule has 1 amide bonds. The SMILES string of the molecule is Cc1ccnn1CCC(=O)N1CCCC[C@H]2NCC[C@H](c3ccccc3)[C@H]21. The molecule has 0 radical (unpaired) electrons. The maximum atomic E-state index is 13.2. The van der Waals surface area contributed by atoms with Crippen LogP contribution in [0.3, 0.4) is 0 Å². The van der Waals surface area contributed by atoms with Crippen LogP contribution in [0.4, 0.5) is 0 Å². The highest BCUT2D eigenvalue weighted by molar-refractivity contribution is 5.76. The van der Waals surface area contributed by atoms with E-state index in [9.17, 15) is 4.79 Å². The van der Waals surface area contributed by atoms with Gasteiger partial charge in [0.1, 0.15) is 0 Å². The molecule has 144 valence electrons. The average molecular weight is 367 g/mol. The second-order valence-corrected chi connectivity index (χ2v) is 7.89. The summed E-state index contributed by atoms with van der Waals surface area (Å²) >= 11 is 0. The van der Waals surface area contributed by atoms with E-state index in [0.29, 0.717) is 24.9 Å². The van der Waals surface area contributed by atoms with Gasteiger partial charge in [-0.05, 0) is 44.4 Å². The molecule has 0 saturated carbocycles. The summed E-state index contributed by atoms with van der Waals surface area (Å²) in [4.78, 5) is 15.4. The van der Waals surface area contributed by atoms with Gasteiger partial charge in [-0.3, -0.25) is 9.48 Å². The van der Waals surface area contributed by atoms with Gasteiger partial charge in [-0.25, -0.2) is 0 Å². The Hall–Kier alpha value is -2.14. The molecular weight excluding hydrogens is 336 g/mol. The quantitative estimate of drug-likeness (QED) is 0.905. The fourth-order valence-corrected chi connectivity index (χ4v) is 4.83. The molecule has 2 aliphatic rings. The summed E-state index contributed by atoms with van der Waals surface area (Å²) in [6.07, 6.45) is 6.87. The van der Waals surface area contributed by atoms with Crippen LogP contribution in [-0.4, -0.2) is 45.8 Å². The van der Waals surface area contributed by atoms with Crippen LogP contribution in [-0.2, 0) is 11.3 Å². The van der Waals surface area contributed by atoms with Crippen molar-refractivity contribution in [1.29, 1.82) is 0 Å². The van der Waals surface area contributed by atoms with Crippen LogP contribution in [0.25, 0.3) is 0 Å². The number of nitrogens with one attached hydrogen (secondary N) is 1. The Morgan fingerprint density at radius 2 is 2.04 bits per heavy atom. The van der Waals surface area contributed by atoms with E-state index in [-0.39, 0.29) is 11.9 Å². The number of rotatable bonds is 4. The highest BCUT2D eigenvalue weighted by Crippen LogP contribution is 2.35. The summed E-state index contributed by atoms with van der Waals surface area (Å²) in [7, 11) is 0. The Kier molecular flexibility index (Phi) is 5.58. The number of nitrogens with zero attached hydrogens (tertiary/aromatic N) is 3. The number of hydrogen-bond donors (Lipinski definition) is 1. The molecule has 27 heavy (non-hydrogen) atoms. The largest absolute Gasteiger partial charge is 0.337 e. The molecule has 0 aliphatic carbocycles. The Morgan fingerprint density at radius 1 is 1.19 bits per heavy atom. The molecule has 5 nitrogen and oxygen atoms in total. The number of amides is 1. The maximum absolute atomic E-state index is 13.2. The van der Waals surface area contributed by atoms with Gasteiger partial charge in [-0.2, -0.15) is 5.10 Å². The molecule has 0 spiro atoms.